The Balaban J connectivity index is 2.61. The van der Waals surface area contributed by atoms with E-state index in [0.717, 1.165) is 51.4 Å². The number of carbonyl (C=O) groups is 2. The molecule has 0 aliphatic heterocycles. The number of phosphoric ester groups is 1. The first-order valence-corrected chi connectivity index (χ1v) is 24.3. The summed E-state index contributed by atoms with van der Waals surface area (Å²) in [4.78, 5) is 35.7. The molecule has 4 unspecified atom stereocenters. The summed E-state index contributed by atoms with van der Waals surface area (Å²) < 4.78 is 33.3. The fourth-order valence-corrected chi connectivity index (χ4v) is 6.96. The second kappa shape index (κ2) is 37.7. The van der Waals surface area contributed by atoms with Crippen molar-refractivity contribution in [3.8, 4) is 0 Å². The first-order chi connectivity index (χ1) is 30.8. The van der Waals surface area contributed by atoms with Crippen molar-refractivity contribution in [2.24, 2.45) is 0 Å². The van der Waals surface area contributed by atoms with E-state index in [1.54, 1.807) is 12.2 Å². The van der Waals surface area contributed by atoms with E-state index >= 15 is 0 Å². The van der Waals surface area contributed by atoms with Crippen LogP contribution in [0.15, 0.2) is 109 Å². The molecule has 1 aliphatic carbocycles. The predicted molar refractivity (Wildman–Crippen MR) is 250 cm³/mol. The van der Waals surface area contributed by atoms with Crippen molar-refractivity contribution in [3.63, 3.8) is 0 Å². The monoisotopic (exact) mass is 921 g/mol. The highest BCUT2D eigenvalue weighted by Gasteiger charge is 2.51. The first kappa shape index (κ1) is 58.5. The highest BCUT2D eigenvalue weighted by molar-refractivity contribution is 7.47. The Morgan fingerprint density at radius 2 is 1.06 bits per heavy atom. The summed E-state index contributed by atoms with van der Waals surface area (Å²) >= 11 is 0. The maximum atomic E-state index is 12.8. The molecule has 0 radical (unpaired) electrons. The Morgan fingerprint density at radius 3 is 1.59 bits per heavy atom. The lowest BCUT2D eigenvalue weighted by Gasteiger charge is -2.41. The molecule has 15 heteroatoms. The maximum absolute atomic E-state index is 12.8. The zero-order valence-corrected chi connectivity index (χ0v) is 38.8. The van der Waals surface area contributed by atoms with Crippen molar-refractivity contribution < 1.29 is 68.2 Å². The number of hydrogen-bond donors (Lipinski definition) is 7. The third-order valence-corrected chi connectivity index (χ3v) is 10.7. The van der Waals surface area contributed by atoms with Crippen molar-refractivity contribution in [1.82, 2.24) is 0 Å². The number of rotatable bonds is 35. The third kappa shape index (κ3) is 29.8. The van der Waals surface area contributed by atoms with Crippen LogP contribution in [0.3, 0.4) is 0 Å². The van der Waals surface area contributed by atoms with E-state index in [4.69, 9.17) is 18.5 Å². The van der Waals surface area contributed by atoms with E-state index < -0.39 is 81.8 Å². The molecular formula is C49H77O14P. The number of aliphatic hydroxyl groups is 6. The van der Waals surface area contributed by atoms with Crippen molar-refractivity contribution in [1.29, 1.82) is 0 Å². The molecule has 362 valence electrons. The molecule has 0 bridgehead atoms. The molecule has 1 rings (SSSR count). The van der Waals surface area contributed by atoms with Gasteiger partial charge in [-0.25, -0.2) is 4.57 Å². The minimum Gasteiger partial charge on any atom is -0.462 e. The smallest absolute Gasteiger partial charge is 0.462 e. The average molecular weight is 921 g/mol. The fraction of sp³-hybridized carbons (Fsp3) is 0.592. The molecule has 1 fully saturated rings. The van der Waals surface area contributed by atoms with Crippen LogP contribution in [0.2, 0.25) is 0 Å². The number of allylic oxidation sites excluding steroid dienone is 17. The van der Waals surface area contributed by atoms with Crippen molar-refractivity contribution in [2.45, 2.75) is 172 Å². The van der Waals surface area contributed by atoms with Gasteiger partial charge in [-0.05, 0) is 83.5 Å². The quantitative estimate of drug-likeness (QED) is 0.0106. The summed E-state index contributed by atoms with van der Waals surface area (Å²) in [6.45, 7) is 2.89. The molecular weight excluding hydrogens is 843 g/mol. The van der Waals surface area contributed by atoms with Gasteiger partial charge >= 0.3 is 19.8 Å². The summed E-state index contributed by atoms with van der Waals surface area (Å²) in [6.07, 6.45) is 34.6. The largest absolute Gasteiger partial charge is 0.472 e. The number of phosphoric acid groups is 1. The molecule has 0 saturated heterocycles. The van der Waals surface area contributed by atoms with Crippen LogP contribution in [0.5, 0.6) is 0 Å². The van der Waals surface area contributed by atoms with Gasteiger partial charge in [-0.2, -0.15) is 0 Å². The van der Waals surface area contributed by atoms with Gasteiger partial charge in [-0.15, -0.1) is 0 Å². The Hall–Kier alpha value is -3.53. The minimum atomic E-state index is -5.19. The molecule has 0 aromatic heterocycles. The van der Waals surface area contributed by atoms with Gasteiger partial charge in [0.15, 0.2) is 6.10 Å². The molecule has 0 heterocycles. The topological polar surface area (TPSA) is 230 Å². The van der Waals surface area contributed by atoms with Crippen LogP contribution in [-0.4, -0.2) is 110 Å². The van der Waals surface area contributed by atoms with Crippen molar-refractivity contribution >= 4 is 19.8 Å². The van der Waals surface area contributed by atoms with E-state index in [1.165, 1.54) is 25.3 Å². The molecule has 0 aromatic carbocycles. The number of esters is 2. The Kier molecular flexibility index (Phi) is 34.4. The maximum Gasteiger partial charge on any atom is 0.472 e. The molecule has 1 aliphatic rings. The van der Waals surface area contributed by atoms with Gasteiger partial charge in [0.2, 0.25) is 0 Å². The summed E-state index contributed by atoms with van der Waals surface area (Å²) in [5.74, 6) is -1.44. The average Bonchev–Trinajstić information content (AvgIpc) is 3.27. The van der Waals surface area contributed by atoms with Crippen LogP contribution in [0, 0.1) is 0 Å². The fourth-order valence-electron chi connectivity index (χ4n) is 5.99. The molecule has 64 heavy (non-hydrogen) atoms. The van der Waals surface area contributed by atoms with Crippen LogP contribution in [0.25, 0.3) is 0 Å². The Bertz CT molecular complexity index is 1550. The summed E-state index contributed by atoms with van der Waals surface area (Å²) in [6, 6.07) is 0. The van der Waals surface area contributed by atoms with Crippen molar-refractivity contribution in [2.75, 3.05) is 13.2 Å². The Morgan fingerprint density at radius 1 is 0.578 bits per heavy atom. The summed E-state index contributed by atoms with van der Waals surface area (Å²) in [5.41, 5.74) is 0. The lowest BCUT2D eigenvalue weighted by Crippen LogP contribution is -2.64. The molecule has 0 spiro atoms. The first-order valence-electron chi connectivity index (χ1n) is 22.8. The Labute approximate surface area is 381 Å². The molecule has 7 N–H and O–H groups in total. The van der Waals surface area contributed by atoms with E-state index in [1.807, 2.05) is 24.3 Å². The number of aliphatic hydroxyl groups excluding tert-OH is 6. The summed E-state index contributed by atoms with van der Waals surface area (Å²) in [5, 5.41) is 60.4. The van der Waals surface area contributed by atoms with E-state index in [0.29, 0.717) is 19.3 Å². The van der Waals surface area contributed by atoms with Gasteiger partial charge in [-0.1, -0.05) is 136 Å². The van der Waals surface area contributed by atoms with E-state index in [2.05, 4.69) is 80.7 Å². The number of carbonyl (C=O) groups excluding carboxylic acids is 2. The van der Waals surface area contributed by atoms with Crippen LogP contribution < -0.4 is 0 Å². The second-order valence-electron chi connectivity index (χ2n) is 15.4. The van der Waals surface area contributed by atoms with Gasteiger partial charge in [0.25, 0.3) is 0 Å². The van der Waals surface area contributed by atoms with Crippen LogP contribution in [0.1, 0.15) is 123 Å². The highest BCUT2D eigenvalue weighted by atomic mass is 31.2. The summed E-state index contributed by atoms with van der Waals surface area (Å²) in [7, 11) is -5.19. The molecule has 0 aromatic rings. The van der Waals surface area contributed by atoms with Crippen LogP contribution in [0.4, 0.5) is 0 Å². The van der Waals surface area contributed by atoms with Crippen LogP contribution in [-0.2, 0) is 32.7 Å². The van der Waals surface area contributed by atoms with Gasteiger partial charge in [0.1, 0.15) is 43.2 Å². The zero-order valence-electron chi connectivity index (χ0n) is 37.9. The van der Waals surface area contributed by atoms with Gasteiger partial charge in [0.05, 0.1) is 12.7 Å². The van der Waals surface area contributed by atoms with Crippen LogP contribution >= 0.6 is 7.82 Å². The van der Waals surface area contributed by atoms with Gasteiger partial charge in [0, 0.05) is 12.8 Å². The zero-order chi connectivity index (χ0) is 47.3. The number of hydrogen-bond acceptors (Lipinski definition) is 13. The SMILES string of the molecule is CC/C=C\C/C=C\C/C=C\C/C=C\C/C=C\C=C/C(O)CCC(=O)OC[C@H](COP(=O)(O)OC1[C@H](O)[C@H](O)C(O)[C@H](O)[C@H]1O)OC(=O)CCCC/C=C\C/C=C\C/C=C\CCCCC. The van der Waals surface area contributed by atoms with Gasteiger partial charge in [-0.3, -0.25) is 18.6 Å². The normalized spacial score (nSPS) is 23.1. The third-order valence-electron chi connectivity index (χ3n) is 9.72. The van der Waals surface area contributed by atoms with E-state index in [-0.39, 0.29) is 19.3 Å². The lowest BCUT2D eigenvalue weighted by atomic mass is 9.85. The molecule has 14 nitrogen and oxygen atoms in total. The second-order valence-corrected chi connectivity index (χ2v) is 16.8. The standard InChI is InChI=1S/C49H77O14P/c1-3-5-7-9-11-13-15-17-19-21-22-24-26-28-30-32-34-40(50)36-37-42(51)60-38-41(39-61-64(58,59)63-49-47(56)45(54)44(53)46(55)48(49)57)62-43(52)35-33-31-29-27-25-23-20-18-16-14-12-10-8-6-4-2/h5,7,11-14,17-20,22,24-25,27-28,30,32,34,40-41,44-50,53-57H,3-4,6,8-10,15-16,21,23,26,29,31,33,35-39H2,1-2H3,(H,58,59)/b7-5-,13-11-,14-12-,19-17-,20-18-,24-22-,27-25-,30-28-,34-32-/t40?,41-,44?,45-,46+,47-,48-,49?/m1/s1. The lowest BCUT2D eigenvalue weighted by molar-refractivity contribution is -0.220. The van der Waals surface area contributed by atoms with Crippen molar-refractivity contribution in [3.05, 3.63) is 109 Å². The predicted octanol–water partition coefficient (Wildman–Crippen LogP) is 7.80. The van der Waals surface area contributed by atoms with Gasteiger partial charge < -0.3 is 45.0 Å². The number of ether oxygens (including phenoxy) is 2. The molecule has 9 atom stereocenters. The molecule has 1 saturated carbocycles. The highest BCUT2D eigenvalue weighted by Crippen LogP contribution is 2.47. The van der Waals surface area contributed by atoms with E-state index in [9.17, 15) is 49.7 Å². The minimum absolute atomic E-state index is 0.00889. The number of unbranched alkanes of at least 4 members (excludes halogenated alkanes) is 5. The molecule has 0 amide bonds.